The van der Waals surface area contributed by atoms with Crippen molar-refractivity contribution < 1.29 is 4.74 Å². The van der Waals surface area contributed by atoms with Gasteiger partial charge in [0.2, 0.25) is 0 Å². The van der Waals surface area contributed by atoms with Crippen LogP contribution in [0.1, 0.15) is 44.9 Å². The van der Waals surface area contributed by atoms with Gasteiger partial charge in [0.1, 0.15) is 0 Å². The van der Waals surface area contributed by atoms with Crippen molar-refractivity contribution in [1.29, 1.82) is 0 Å². The number of rotatable bonds is 4. The highest BCUT2D eigenvalue weighted by Gasteiger charge is 2.39. The fourth-order valence-corrected chi connectivity index (χ4v) is 3.90. The van der Waals surface area contributed by atoms with Gasteiger partial charge in [-0.15, -0.1) is 0 Å². The zero-order valence-corrected chi connectivity index (χ0v) is 10.9. The highest BCUT2D eigenvalue weighted by molar-refractivity contribution is 4.93. The maximum atomic E-state index is 5.95. The summed E-state index contributed by atoms with van der Waals surface area (Å²) in [5, 5.41) is 0. The Morgan fingerprint density at radius 2 is 2.12 bits per heavy atom. The monoisotopic (exact) mass is 238 g/mol. The van der Waals surface area contributed by atoms with Crippen LogP contribution in [0.5, 0.6) is 0 Å². The Labute approximate surface area is 105 Å². The van der Waals surface area contributed by atoms with E-state index < -0.39 is 0 Å². The molecule has 2 aliphatic carbocycles. The summed E-state index contributed by atoms with van der Waals surface area (Å²) in [4.78, 5) is 2.69. The minimum Gasteiger partial charge on any atom is -0.375 e. The van der Waals surface area contributed by atoms with Crippen molar-refractivity contribution in [2.45, 2.75) is 57.1 Å². The average molecular weight is 238 g/mol. The van der Waals surface area contributed by atoms with Crippen LogP contribution in [0, 0.1) is 5.41 Å². The topological polar surface area (TPSA) is 38.5 Å². The second-order valence-electron chi connectivity index (χ2n) is 6.25. The molecule has 2 atom stereocenters. The van der Waals surface area contributed by atoms with E-state index in [1.807, 2.05) is 0 Å². The fraction of sp³-hybridized carbons (Fsp3) is 1.00. The first-order chi connectivity index (χ1) is 8.33. The summed E-state index contributed by atoms with van der Waals surface area (Å²) in [6, 6.07) is 0.721. The predicted molar refractivity (Wildman–Crippen MR) is 68.9 cm³/mol. The van der Waals surface area contributed by atoms with Gasteiger partial charge in [-0.1, -0.05) is 6.42 Å². The van der Waals surface area contributed by atoms with Crippen molar-refractivity contribution in [3.05, 3.63) is 0 Å². The standard InChI is InChI=1S/C14H26N2O/c15-11-14(5-2-6-14)7-8-16-9-10-17-13-4-1-3-12(13)16/h12-13H,1-11,15H2. The first-order valence-electron chi connectivity index (χ1n) is 7.39. The summed E-state index contributed by atoms with van der Waals surface area (Å²) < 4.78 is 5.86. The molecule has 0 bridgehead atoms. The minimum atomic E-state index is 0.506. The third-order valence-corrected chi connectivity index (χ3v) is 5.37. The van der Waals surface area contributed by atoms with Gasteiger partial charge in [-0.25, -0.2) is 0 Å². The lowest BCUT2D eigenvalue weighted by atomic mass is 9.66. The van der Waals surface area contributed by atoms with Crippen molar-refractivity contribution in [1.82, 2.24) is 4.90 Å². The van der Waals surface area contributed by atoms with E-state index in [9.17, 15) is 0 Å². The third kappa shape index (κ3) is 2.25. The molecule has 2 N–H and O–H groups in total. The van der Waals surface area contributed by atoms with Crippen LogP contribution in [0.25, 0.3) is 0 Å². The Morgan fingerprint density at radius 1 is 1.24 bits per heavy atom. The molecule has 3 nitrogen and oxygen atoms in total. The summed E-state index contributed by atoms with van der Waals surface area (Å²) in [7, 11) is 0. The molecule has 0 spiro atoms. The molecule has 3 aliphatic rings. The third-order valence-electron chi connectivity index (χ3n) is 5.37. The Balaban J connectivity index is 1.53. The largest absolute Gasteiger partial charge is 0.375 e. The number of nitrogens with zero attached hydrogens (tertiary/aromatic N) is 1. The van der Waals surface area contributed by atoms with E-state index in [2.05, 4.69) is 4.90 Å². The summed E-state index contributed by atoms with van der Waals surface area (Å²) in [5.41, 5.74) is 6.45. The molecule has 0 aromatic rings. The molecule has 2 unspecified atom stereocenters. The Hall–Kier alpha value is -0.120. The van der Waals surface area contributed by atoms with Crippen LogP contribution in [0.3, 0.4) is 0 Å². The molecule has 0 amide bonds. The van der Waals surface area contributed by atoms with E-state index in [0.717, 1.165) is 25.7 Å². The van der Waals surface area contributed by atoms with Gasteiger partial charge < -0.3 is 10.5 Å². The van der Waals surface area contributed by atoms with Crippen LogP contribution in [0.4, 0.5) is 0 Å². The maximum absolute atomic E-state index is 5.95. The van der Waals surface area contributed by atoms with Crippen LogP contribution in [-0.2, 0) is 4.74 Å². The second kappa shape index (κ2) is 4.87. The van der Waals surface area contributed by atoms with Gasteiger partial charge in [0, 0.05) is 12.6 Å². The summed E-state index contributed by atoms with van der Waals surface area (Å²) in [6.07, 6.45) is 9.96. The Kier molecular flexibility index (Phi) is 3.42. The van der Waals surface area contributed by atoms with E-state index in [4.69, 9.17) is 10.5 Å². The lowest BCUT2D eigenvalue weighted by molar-refractivity contribution is -0.0612. The zero-order valence-electron chi connectivity index (χ0n) is 10.9. The Bertz CT molecular complexity index is 259. The molecular weight excluding hydrogens is 212 g/mol. The highest BCUT2D eigenvalue weighted by atomic mass is 16.5. The van der Waals surface area contributed by atoms with Crippen LogP contribution in [0.2, 0.25) is 0 Å². The van der Waals surface area contributed by atoms with Gasteiger partial charge >= 0.3 is 0 Å². The fourth-order valence-electron chi connectivity index (χ4n) is 3.90. The summed E-state index contributed by atoms with van der Waals surface area (Å²) in [5.74, 6) is 0. The van der Waals surface area contributed by atoms with Gasteiger partial charge in [-0.2, -0.15) is 0 Å². The lowest BCUT2D eigenvalue weighted by Crippen LogP contribution is -2.50. The normalized spacial score (nSPS) is 36.5. The number of nitrogens with two attached hydrogens (primary N) is 1. The first kappa shape index (κ1) is 11.9. The molecule has 2 saturated carbocycles. The molecular formula is C14H26N2O. The van der Waals surface area contributed by atoms with Crippen molar-refractivity contribution in [3.8, 4) is 0 Å². The summed E-state index contributed by atoms with van der Waals surface area (Å²) in [6.45, 7) is 4.23. The van der Waals surface area contributed by atoms with Crippen LogP contribution < -0.4 is 5.73 Å². The zero-order chi connectivity index (χ0) is 11.7. The van der Waals surface area contributed by atoms with Gasteiger partial charge in [0.15, 0.2) is 0 Å². The molecule has 0 aromatic heterocycles. The molecule has 3 heteroatoms. The molecule has 1 heterocycles. The molecule has 0 radical (unpaired) electrons. The van der Waals surface area contributed by atoms with E-state index in [1.165, 1.54) is 51.5 Å². The van der Waals surface area contributed by atoms with Gasteiger partial charge in [-0.3, -0.25) is 4.90 Å². The lowest BCUT2D eigenvalue weighted by Gasteiger charge is -2.44. The van der Waals surface area contributed by atoms with Crippen molar-refractivity contribution in [3.63, 3.8) is 0 Å². The second-order valence-corrected chi connectivity index (χ2v) is 6.25. The van der Waals surface area contributed by atoms with Gasteiger partial charge in [0.05, 0.1) is 12.7 Å². The van der Waals surface area contributed by atoms with E-state index in [1.54, 1.807) is 0 Å². The maximum Gasteiger partial charge on any atom is 0.0730 e. The molecule has 17 heavy (non-hydrogen) atoms. The number of ether oxygens (including phenoxy) is 1. The number of hydrogen-bond acceptors (Lipinski definition) is 3. The molecule has 98 valence electrons. The molecule has 3 fully saturated rings. The van der Waals surface area contributed by atoms with Gasteiger partial charge in [0.25, 0.3) is 0 Å². The van der Waals surface area contributed by atoms with Crippen LogP contribution in [-0.4, -0.2) is 43.3 Å². The molecule has 3 rings (SSSR count). The quantitative estimate of drug-likeness (QED) is 0.811. The smallest absolute Gasteiger partial charge is 0.0730 e. The van der Waals surface area contributed by atoms with Crippen LogP contribution >= 0.6 is 0 Å². The summed E-state index contributed by atoms with van der Waals surface area (Å²) >= 11 is 0. The molecule has 1 aliphatic heterocycles. The number of fused-ring (bicyclic) bond motifs is 1. The highest BCUT2D eigenvalue weighted by Crippen LogP contribution is 2.43. The Morgan fingerprint density at radius 3 is 2.82 bits per heavy atom. The number of hydrogen-bond donors (Lipinski definition) is 1. The van der Waals surface area contributed by atoms with Crippen molar-refractivity contribution in [2.75, 3.05) is 26.2 Å². The minimum absolute atomic E-state index is 0.506. The van der Waals surface area contributed by atoms with E-state index >= 15 is 0 Å². The van der Waals surface area contributed by atoms with Gasteiger partial charge in [-0.05, 0) is 57.0 Å². The van der Waals surface area contributed by atoms with E-state index in [-0.39, 0.29) is 0 Å². The molecule has 0 aromatic carbocycles. The van der Waals surface area contributed by atoms with Crippen molar-refractivity contribution >= 4 is 0 Å². The first-order valence-corrected chi connectivity index (χ1v) is 7.39. The van der Waals surface area contributed by atoms with Crippen LogP contribution in [0.15, 0.2) is 0 Å². The predicted octanol–water partition coefficient (Wildman–Crippen LogP) is 1.76. The number of morpholine rings is 1. The SMILES string of the molecule is NCC1(CCN2CCOC3CCCC32)CCC1. The van der Waals surface area contributed by atoms with E-state index in [0.29, 0.717) is 11.5 Å². The average Bonchev–Trinajstić information content (AvgIpc) is 2.77. The molecule has 1 saturated heterocycles. The van der Waals surface area contributed by atoms with Crippen molar-refractivity contribution in [2.24, 2.45) is 11.1 Å².